The molecule has 1 N–H and O–H groups in total. The van der Waals surface area contributed by atoms with E-state index in [1.54, 1.807) is 38.1 Å². The van der Waals surface area contributed by atoms with E-state index < -0.39 is 10.0 Å². The zero-order valence-electron chi connectivity index (χ0n) is 17.4. The van der Waals surface area contributed by atoms with Gasteiger partial charge in [-0.05, 0) is 87.4 Å². The third kappa shape index (κ3) is 4.81. The molecular formula is C23H30N2O3S. The van der Waals surface area contributed by atoms with Gasteiger partial charge in [0, 0.05) is 12.1 Å². The van der Waals surface area contributed by atoms with Crippen LogP contribution in [0.15, 0.2) is 42.5 Å². The number of hydrogen-bond donors (Lipinski definition) is 1. The molecule has 1 aliphatic carbocycles. The largest absolute Gasteiger partial charge is 0.346 e. The Labute approximate surface area is 174 Å². The van der Waals surface area contributed by atoms with Crippen LogP contribution in [-0.2, 0) is 22.9 Å². The lowest BCUT2D eigenvalue weighted by Crippen LogP contribution is -2.32. The van der Waals surface area contributed by atoms with Gasteiger partial charge < -0.3 is 5.32 Å². The molecule has 2 aromatic carbocycles. The highest BCUT2D eigenvalue weighted by atomic mass is 32.2. The Morgan fingerprint density at radius 1 is 1.03 bits per heavy atom. The van der Waals surface area contributed by atoms with E-state index in [2.05, 4.69) is 23.5 Å². The zero-order valence-corrected chi connectivity index (χ0v) is 18.3. The molecule has 0 radical (unpaired) electrons. The number of nitrogens with one attached hydrogen (secondary N) is 1. The van der Waals surface area contributed by atoms with Crippen molar-refractivity contribution >= 4 is 21.6 Å². The molecule has 1 amide bonds. The Morgan fingerprint density at radius 3 is 2.31 bits per heavy atom. The summed E-state index contributed by atoms with van der Waals surface area (Å²) >= 11 is 0. The Balaban J connectivity index is 1.70. The average molecular weight is 415 g/mol. The highest BCUT2D eigenvalue weighted by Gasteiger charge is 2.19. The highest BCUT2D eigenvalue weighted by Crippen LogP contribution is 2.25. The van der Waals surface area contributed by atoms with Crippen LogP contribution in [0.1, 0.15) is 66.7 Å². The van der Waals surface area contributed by atoms with Crippen LogP contribution >= 0.6 is 0 Å². The second-order valence-corrected chi connectivity index (χ2v) is 9.72. The van der Waals surface area contributed by atoms with Gasteiger partial charge in [-0.2, -0.15) is 0 Å². The van der Waals surface area contributed by atoms with Crippen LogP contribution in [0.5, 0.6) is 0 Å². The zero-order chi connectivity index (χ0) is 21.0. The second-order valence-electron chi connectivity index (χ2n) is 7.54. The molecule has 0 bridgehead atoms. The summed E-state index contributed by atoms with van der Waals surface area (Å²) in [7, 11) is -3.33. The summed E-state index contributed by atoms with van der Waals surface area (Å²) in [6.45, 7) is 5.77. The smallest absolute Gasteiger partial charge is 0.251 e. The van der Waals surface area contributed by atoms with Crippen molar-refractivity contribution in [2.45, 2.75) is 52.5 Å². The fourth-order valence-electron chi connectivity index (χ4n) is 3.86. The molecule has 29 heavy (non-hydrogen) atoms. The third-order valence-corrected chi connectivity index (χ3v) is 7.50. The van der Waals surface area contributed by atoms with Gasteiger partial charge in [0.05, 0.1) is 17.5 Å². The van der Waals surface area contributed by atoms with Gasteiger partial charge in [0.25, 0.3) is 5.91 Å². The molecule has 2 aromatic rings. The SMILES string of the molecule is CCN(c1ccc(C(=O)N[C@@H](C)c2ccc3c(c2)CCCC3)cc1)S(=O)(=O)CC. The standard InChI is InChI=1S/C23H30N2O3S/c1-4-25(29(27,28)5-2)22-14-12-19(13-15-22)23(26)24-17(3)20-11-10-18-8-6-7-9-21(18)16-20/h10-17H,4-9H2,1-3H3,(H,24,26)/t17-/m0/s1. The van der Waals surface area contributed by atoms with E-state index in [4.69, 9.17) is 0 Å². The molecule has 1 aliphatic rings. The van der Waals surface area contributed by atoms with Crippen LogP contribution in [0, 0.1) is 0 Å². The molecular weight excluding hydrogens is 384 g/mol. The van der Waals surface area contributed by atoms with Gasteiger partial charge in [-0.25, -0.2) is 8.42 Å². The number of amides is 1. The molecule has 0 fully saturated rings. The van der Waals surface area contributed by atoms with Crippen LogP contribution in [0.25, 0.3) is 0 Å². The normalized spacial score (nSPS) is 14.7. The molecule has 3 rings (SSSR count). The topological polar surface area (TPSA) is 66.5 Å². The van der Waals surface area contributed by atoms with E-state index in [9.17, 15) is 13.2 Å². The summed E-state index contributed by atoms with van der Waals surface area (Å²) in [6.07, 6.45) is 4.74. The first-order chi connectivity index (χ1) is 13.9. The maximum absolute atomic E-state index is 12.7. The van der Waals surface area contributed by atoms with Crippen LogP contribution in [-0.4, -0.2) is 26.6 Å². The van der Waals surface area contributed by atoms with Gasteiger partial charge in [0.2, 0.25) is 10.0 Å². The molecule has 5 nitrogen and oxygen atoms in total. The quantitative estimate of drug-likeness (QED) is 0.737. The van der Waals surface area contributed by atoms with Gasteiger partial charge in [-0.1, -0.05) is 18.2 Å². The first-order valence-corrected chi connectivity index (χ1v) is 12.0. The van der Waals surface area contributed by atoms with Crippen molar-refractivity contribution in [1.29, 1.82) is 0 Å². The van der Waals surface area contributed by atoms with Gasteiger partial charge >= 0.3 is 0 Å². The Bertz CT molecular complexity index is 968. The first-order valence-electron chi connectivity index (χ1n) is 10.4. The monoisotopic (exact) mass is 414 g/mol. The summed E-state index contributed by atoms with van der Waals surface area (Å²) in [6, 6.07) is 13.2. The van der Waals surface area contributed by atoms with Crippen molar-refractivity contribution in [3.63, 3.8) is 0 Å². The number of carbonyl (C=O) groups is 1. The van der Waals surface area contributed by atoms with E-state index in [0.29, 0.717) is 17.8 Å². The number of sulfonamides is 1. The lowest BCUT2D eigenvalue weighted by molar-refractivity contribution is 0.0940. The number of hydrogen-bond acceptors (Lipinski definition) is 3. The van der Waals surface area contributed by atoms with Crippen LogP contribution in [0.4, 0.5) is 5.69 Å². The molecule has 0 unspecified atom stereocenters. The minimum absolute atomic E-state index is 0.0430. The lowest BCUT2D eigenvalue weighted by atomic mass is 9.89. The Hall–Kier alpha value is -2.34. The molecule has 1 atom stereocenters. The summed E-state index contributed by atoms with van der Waals surface area (Å²) in [5.74, 6) is -0.121. The van der Waals surface area contributed by atoms with E-state index in [1.807, 2.05) is 6.92 Å². The Morgan fingerprint density at radius 2 is 1.69 bits per heavy atom. The van der Waals surface area contributed by atoms with Gasteiger partial charge in [-0.15, -0.1) is 0 Å². The van der Waals surface area contributed by atoms with E-state index in [1.165, 1.54) is 28.3 Å². The predicted molar refractivity (Wildman–Crippen MR) is 118 cm³/mol. The fraction of sp³-hybridized carbons (Fsp3) is 0.435. The predicted octanol–water partition coefficient (Wildman–Crippen LogP) is 4.23. The number of benzene rings is 2. The lowest BCUT2D eigenvalue weighted by Gasteiger charge is -2.22. The molecule has 0 saturated carbocycles. The molecule has 0 spiro atoms. The van der Waals surface area contributed by atoms with Crippen molar-refractivity contribution in [2.75, 3.05) is 16.6 Å². The van der Waals surface area contributed by atoms with E-state index >= 15 is 0 Å². The van der Waals surface area contributed by atoms with E-state index in [0.717, 1.165) is 18.4 Å². The number of carbonyl (C=O) groups excluding carboxylic acids is 1. The van der Waals surface area contributed by atoms with Crippen molar-refractivity contribution < 1.29 is 13.2 Å². The second kappa shape index (κ2) is 8.99. The van der Waals surface area contributed by atoms with Gasteiger partial charge in [0.15, 0.2) is 0 Å². The van der Waals surface area contributed by atoms with Crippen LogP contribution in [0.3, 0.4) is 0 Å². The van der Waals surface area contributed by atoms with Gasteiger partial charge in [-0.3, -0.25) is 9.10 Å². The minimum atomic E-state index is -3.33. The Kier molecular flexibility index (Phi) is 6.63. The van der Waals surface area contributed by atoms with Crippen molar-refractivity contribution in [3.05, 3.63) is 64.7 Å². The van der Waals surface area contributed by atoms with Crippen LogP contribution in [0.2, 0.25) is 0 Å². The van der Waals surface area contributed by atoms with Gasteiger partial charge in [0.1, 0.15) is 0 Å². The summed E-state index contributed by atoms with van der Waals surface area (Å²) < 4.78 is 25.8. The maximum atomic E-state index is 12.7. The first kappa shape index (κ1) is 21.4. The molecule has 6 heteroatoms. The van der Waals surface area contributed by atoms with Crippen molar-refractivity contribution in [1.82, 2.24) is 5.32 Å². The van der Waals surface area contributed by atoms with Crippen molar-refractivity contribution in [3.8, 4) is 0 Å². The summed E-state index contributed by atoms with van der Waals surface area (Å²) in [5.41, 5.74) is 5.03. The average Bonchev–Trinajstić information content (AvgIpc) is 2.74. The molecule has 0 saturated heterocycles. The fourth-order valence-corrected chi connectivity index (χ4v) is 5.01. The minimum Gasteiger partial charge on any atom is -0.346 e. The number of anilines is 1. The number of fused-ring (bicyclic) bond motifs is 1. The summed E-state index contributed by atoms with van der Waals surface area (Å²) in [5, 5.41) is 3.05. The van der Waals surface area contributed by atoms with Crippen LogP contribution < -0.4 is 9.62 Å². The molecule has 156 valence electrons. The highest BCUT2D eigenvalue weighted by molar-refractivity contribution is 7.92. The number of rotatable bonds is 7. The molecule has 0 aliphatic heterocycles. The number of nitrogens with zero attached hydrogens (tertiary/aromatic N) is 1. The maximum Gasteiger partial charge on any atom is 0.251 e. The number of aryl methyl sites for hydroxylation is 2. The molecule has 0 heterocycles. The molecule has 0 aromatic heterocycles. The van der Waals surface area contributed by atoms with Crippen molar-refractivity contribution in [2.24, 2.45) is 0 Å². The summed E-state index contributed by atoms with van der Waals surface area (Å²) in [4.78, 5) is 12.7. The van der Waals surface area contributed by atoms with E-state index in [-0.39, 0.29) is 17.7 Å². The third-order valence-electron chi connectivity index (χ3n) is 5.63.